The fourth-order valence-corrected chi connectivity index (χ4v) is 2.89. The van der Waals surface area contributed by atoms with E-state index in [0.29, 0.717) is 18.3 Å². The number of guanidine groups is 1. The Morgan fingerprint density at radius 1 is 1.23 bits per heavy atom. The summed E-state index contributed by atoms with van der Waals surface area (Å²) in [5.74, 6) is 2.71. The molecule has 26 heavy (non-hydrogen) atoms. The molecule has 0 amide bonds. The monoisotopic (exact) mass is 469 g/mol. The SMILES string of the molecule is COc1cc2c(cc1CN=C(N)Nc1ccccc1OC)OC(C)C2.I. The lowest BCUT2D eigenvalue weighted by Gasteiger charge is -2.12. The maximum Gasteiger partial charge on any atom is 0.193 e. The highest BCUT2D eigenvalue weighted by molar-refractivity contribution is 14.0. The Morgan fingerprint density at radius 2 is 1.96 bits per heavy atom. The molecule has 2 aromatic rings. The standard InChI is InChI=1S/C19H23N3O3.HI/c1-12-8-13-9-17(24-3)14(10-18(13)25-12)11-21-19(20)22-15-6-4-5-7-16(15)23-2;/h4-7,9-10,12H,8,11H2,1-3H3,(H3,20,21,22);1H. The van der Waals surface area contributed by atoms with E-state index in [-0.39, 0.29) is 30.1 Å². The van der Waals surface area contributed by atoms with E-state index in [0.717, 1.165) is 34.7 Å². The second kappa shape index (κ2) is 8.98. The molecule has 0 saturated heterocycles. The summed E-state index contributed by atoms with van der Waals surface area (Å²) in [5.41, 5.74) is 8.88. The third kappa shape index (κ3) is 4.51. The third-order valence-electron chi connectivity index (χ3n) is 4.09. The summed E-state index contributed by atoms with van der Waals surface area (Å²) in [7, 11) is 3.27. The molecule has 1 unspecified atom stereocenters. The molecule has 0 spiro atoms. The fourth-order valence-electron chi connectivity index (χ4n) is 2.89. The molecule has 140 valence electrons. The van der Waals surface area contributed by atoms with Crippen LogP contribution >= 0.6 is 24.0 Å². The summed E-state index contributed by atoms with van der Waals surface area (Å²) < 4.78 is 16.6. The van der Waals surface area contributed by atoms with Crippen molar-refractivity contribution in [3.8, 4) is 17.2 Å². The normalized spacial score (nSPS) is 15.5. The number of hydrogen-bond donors (Lipinski definition) is 2. The first-order valence-electron chi connectivity index (χ1n) is 8.17. The lowest BCUT2D eigenvalue weighted by atomic mass is 10.1. The Hall–Kier alpha value is -2.16. The van der Waals surface area contributed by atoms with Gasteiger partial charge in [0.2, 0.25) is 0 Å². The highest BCUT2D eigenvalue weighted by Gasteiger charge is 2.21. The van der Waals surface area contributed by atoms with Gasteiger partial charge in [0.25, 0.3) is 0 Å². The van der Waals surface area contributed by atoms with Gasteiger partial charge in [0.15, 0.2) is 5.96 Å². The van der Waals surface area contributed by atoms with E-state index in [1.807, 2.05) is 36.4 Å². The van der Waals surface area contributed by atoms with Crippen LogP contribution in [0.15, 0.2) is 41.4 Å². The molecule has 0 aliphatic carbocycles. The Balaban J connectivity index is 0.00000243. The largest absolute Gasteiger partial charge is 0.496 e. The number of hydrogen-bond acceptors (Lipinski definition) is 4. The van der Waals surface area contributed by atoms with Crippen LogP contribution in [0.4, 0.5) is 5.69 Å². The van der Waals surface area contributed by atoms with E-state index in [4.69, 9.17) is 19.9 Å². The van der Waals surface area contributed by atoms with E-state index in [2.05, 4.69) is 17.2 Å². The molecule has 1 heterocycles. The number of para-hydroxylation sites is 2. The summed E-state index contributed by atoms with van der Waals surface area (Å²) in [4.78, 5) is 4.41. The topological polar surface area (TPSA) is 78.1 Å². The smallest absolute Gasteiger partial charge is 0.193 e. The molecule has 7 heteroatoms. The van der Waals surface area contributed by atoms with Crippen LogP contribution in [0.25, 0.3) is 0 Å². The van der Waals surface area contributed by atoms with Crippen molar-refractivity contribution in [3.63, 3.8) is 0 Å². The van der Waals surface area contributed by atoms with Crippen LogP contribution in [0, 0.1) is 0 Å². The average Bonchev–Trinajstić information content (AvgIpc) is 2.98. The quantitative estimate of drug-likeness (QED) is 0.398. The van der Waals surface area contributed by atoms with Crippen LogP contribution in [-0.4, -0.2) is 26.3 Å². The molecule has 1 atom stereocenters. The van der Waals surface area contributed by atoms with Crippen molar-refractivity contribution in [1.29, 1.82) is 0 Å². The van der Waals surface area contributed by atoms with Gasteiger partial charge in [-0.15, -0.1) is 24.0 Å². The summed E-state index contributed by atoms with van der Waals surface area (Å²) in [5, 5.41) is 3.06. The number of fused-ring (bicyclic) bond motifs is 1. The van der Waals surface area contributed by atoms with Crippen LogP contribution in [0.2, 0.25) is 0 Å². The zero-order valence-electron chi connectivity index (χ0n) is 15.1. The van der Waals surface area contributed by atoms with Gasteiger partial charge in [-0.3, -0.25) is 0 Å². The van der Waals surface area contributed by atoms with E-state index >= 15 is 0 Å². The van der Waals surface area contributed by atoms with Gasteiger partial charge < -0.3 is 25.3 Å². The number of nitrogens with one attached hydrogen (secondary N) is 1. The van der Waals surface area contributed by atoms with Gasteiger partial charge in [-0.25, -0.2) is 4.99 Å². The summed E-state index contributed by atoms with van der Waals surface area (Å²) in [6.07, 6.45) is 1.09. The molecule has 3 N–H and O–H groups in total. The van der Waals surface area contributed by atoms with E-state index in [1.54, 1.807) is 14.2 Å². The predicted octanol–water partition coefficient (Wildman–Crippen LogP) is 3.57. The minimum absolute atomic E-state index is 0. The van der Waals surface area contributed by atoms with Crippen LogP contribution in [0.1, 0.15) is 18.1 Å². The highest BCUT2D eigenvalue weighted by atomic mass is 127. The predicted molar refractivity (Wildman–Crippen MR) is 114 cm³/mol. The molecule has 6 nitrogen and oxygen atoms in total. The minimum Gasteiger partial charge on any atom is -0.496 e. The number of methoxy groups -OCH3 is 2. The van der Waals surface area contributed by atoms with Gasteiger partial charge >= 0.3 is 0 Å². The lowest BCUT2D eigenvalue weighted by Crippen LogP contribution is -2.23. The van der Waals surface area contributed by atoms with Gasteiger partial charge in [-0.2, -0.15) is 0 Å². The first-order valence-corrected chi connectivity index (χ1v) is 8.17. The van der Waals surface area contributed by atoms with Crippen molar-refractivity contribution in [2.24, 2.45) is 10.7 Å². The van der Waals surface area contributed by atoms with Gasteiger partial charge in [-0.1, -0.05) is 12.1 Å². The maximum absolute atomic E-state index is 6.01. The maximum atomic E-state index is 6.01. The fraction of sp³-hybridized carbons (Fsp3) is 0.316. The Kier molecular flexibility index (Phi) is 6.96. The number of anilines is 1. The van der Waals surface area contributed by atoms with Gasteiger partial charge in [0.1, 0.15) is 23.4 Å². The van der Waals surface area contributed by atoms with Crippen molar-refractivity contribution in [3.05, 3.63) is 47.5 Å². The summed E-state index contributed by atoms with van der Waals surface area (Å²) >= 11 is 0. The van der Waals surface area contributed by atoms with Crippen molar-refractivity contribution >= 4 is 35.6 Å². The number of halogens is 1. The van der Waals surface area contributed by atoms with Gasteiger partial charge in [0, 0.05) is 17.5 Å². The number of nitrogens with zero attached hydrogens (tertiary/aromatic N) is 1. The highest BCUT2D eigenvalue weighted by Crippen LogP contribution is 2.35. The number of nitrogens with two attached hydrogens (primary N) is 1. The molecule has 2 aromatic carbocycles. The summed E-state index contributed by atoms with van der Waals surface area (Å²) in [6, 6.07) is 11.5. The molecular formula is C19H24IN3O3. The Labute approximate surface area is 170 Å². The van der Waals surface area contributed by atoms with E-state index in [1.165, 1.54) is 0 Å². The molecular weight excluding hydrogens is 445 g/mol. The van der Waals surface area contributed by atoms with Crippen molar-refractivity contribution in [1.82, 2.24) is 0 Å². The molecule has 0 aromatic heterocycles. The zero-order chi connectivity index (χ0) is 17.8. The van der Waals surface area contributed by atoms with Gasteiger partial charge in [0.05, 0.1) is 26.5 Å². The van der Waals surface area contributed by atoms with Crippen LogP contribution in [0.3, 0.4) is 0 Å². The summed E-state index contributed by atoms with van der Waals surface area (Å²) in [6.45, 7) is 2.45. The molecule has 0 fully saturated rings. The molecule has 3 rings (SSSR count). The van der Waals surface area contributed by atoms with Crippen LogP contribution in [0.5, 0.6) is 17.2 Å². The van der Waals surface area contributed by atoms with Crippen molar-refractivity contribution < 1.29 is 14.2 Å². The minimum atomic E-state index is 0. The third-order valence-corrected chi connectivity index (χ3v) is 4.09. The van der Waals surface area contributed by atoms with Crippen molar-refractivity contribution in [2.45, 2.75) is 26.0 Å². The number of benzene rings is 2. The first-order chi connectivity index (χ1) is 12.1. The number of ether oxygens (including phenoxy) is 3. The average molecular weight is 469 g/mol. The zero-order valence-corrected chi connectivity index (χ0v) is 17.4. The second-order valence-electron chi connectivity index (χ2n) is 5.93. The Morgan fingerprint density at radius 3 is 2.69 bits per heavy atom. The van der Waals surface area contributed by atoms with E-state index in [9.17, 15) is 0 Å². The molecule has 0 bridgehead atoms. The molecule has 1 aliphatic rings. The van der Waals surface area contributed by atoms with E-state index < -0.39 is 0 Å². The number of rotatable bonds is 5. The van der Waals surface area contributed by atoms with Crippen LogP contribution in [-0.2, 0) is 13.0 Å². The second-order valence-corrected chi connectivity index (χ2v) is 5.93. The lowest BCUT2D eigenvalue weighted by molar-refractivity contribution is 0.254. The van der Waals surface area contributed by atoms with Crippen molar-refractivity contribution in [2.75, 3.05) is 19.5 Å². The van der Waals surface area contributed by atoms with Gasteiger partial charge in [-0.05, 0) is 31.2 Å². The number of aliphatic imine (C=N–C) groups is 1. The molecule has 0 saturated carbocycles. The first kappa shape index (κ1) is 20.2. The van der Waals surface area contributed by atoms with Crippen LogP contribution < -0.4 is 25.3 Å². The molecule has 1 aliphatic heterocycles. The molecule has 0 radical (unpaired) electrons. The Bertz CT molecular complexity index is 796.